The van der Waals surface area contributed by atoms with Crippen molar-refractivity contribution in [2.24, 2.45) is 13.0 Å². The van der Waals surface area contributed by atoms with Gasteiger partial charge in [-0.05, 0) is 30.0 Å². The van der Waals surface area contributed by atoms with Crippen LogP contribution in [-0.4, -0.2) is 64.7 Å². The zero-order valence-corrected chi connectivity index (χ0v) is 18.1. The molecule has 5 rings (SSSR count). The predicted octanol–water partition coefficient (Wildman–Crippen LogP) is 3.04. The molecule has 2 atom stereocenters. The van der Waals surface area contributed by atoms with Crippen LogP contribution in [0.1, 0.15) is 23.7 Å². The van der Waals surface area contributed by atoms with Gasteiger partial charge in [0.25, 0.3) is 0 Å². The molecule has 1 aliphatic carbocycles. The van der Waals surface area contributed by atoms with Crippen molar-refractivity contribution in [1.82, 2.24) is 19.4 Å². The summed E-state index contributed by atoms with van der Waals surface area (Å²) in [6.07, 6.45) is 0.944. The molecule has 6 heteroatoms. The van der Waals surface area contributed by atoms with Crippen molar-refractivity contribution in [2.75, 3.05) is 39.4 Å². The molecule has 1 amide bonds. The van der Waals surface area contributed by atoms with E-state index in [-0.39, 0.29) is 11.8 Å². The van der Waals surface area contributed by atoms with Crippen LogP contribution in [0.2, 0.25) is 0 Å². The Bertz CT molecular complexity index is 1040. The molecule has 2 aliphatic rings. The summed E-state index contributed by atoms with van der Waals surface area (Å²) in [6.45, 7) is 5.57. The number of amides is 1. The number of fused-ring (bicyclic) bond motifs is 1. The Balaban J connectivity index is 1.33. The number of rotatable bonds is 7. The Morgan fingerprint density at radius 2 is 1.84 bits per heavy atom. The summed E-state index contributed by atoms with van der Waals surface area (Å²) >= 11 is 0. The van der Waals surface area contributed by atoms with E-state index in [1.54, 1.807) is 0 Å². The molecule has 0 spiro atoms. The van der Waals surface area contributed by atoms with Gasteiger partial charge in [0.1, 0.15) is 5.82 Å². The van der Waals surface area contributed by atoms with Crippen LogP contribution in [0, 0.1) is 5.92 Å². The molecule has 1 saturated carbocycles. The molecule has 0 unspecified atom stereocenters. The summed E-state index contributed by atoms with van der Waals surface area (Å²) in [5.74, 6) is 1.63. The first kappa shape index (κ1) is 20.2. The third-order valence-corrected chi connectivity index (χ3v) is 6.65. The summed E-state index contributed by atoms with van der Waals surface area (Å²) in [7, 11) is 2.04. The molecule has 0 N–H and O–H groups in total. The SMILES string of the molecule is Cn1c(CN(CCN2CCOCC2)C(=O)[C@H]2C[C@H]2c2ccccc2)nc2ccccc21. The first-order valence-electron chi connectivity index (χ1n) is 11.2. The first-order valence-corrected chi connectivity index (χ1v) is 11.2. The molecule has 1 aromatic heterocycles. The van der Waals surface area contributed by atoms with Crippen molar-refractivity contribution in [3.05, 3.63) is 66.0 Å². The normalized spacial score (nSPS) is 21.3. The number of aryl methyl sites for hydroxylation is 1. The molecule has 0 radical (unpaired) electrons. The van der Waals surface area contributed by atoms with Gasteiger partial charge in [0.05, 0.1) is 30.8 Å². The van der Waals surface area contributed by atoms with E-state index in [0.29, 0.717) is 12.5 Å². The van der Waals surface area contributed by atoms with E-state index in [4.69, 9.17) is 9.72 Å². The van der Waals surface area contributed by atoms with E-state index >= 15 is 0 Å². The monoisotopic (exact) mass is 418 g/mol. The fourth-order valence-electron chi connectivity index (χ4n) is 4.63. The van der Waals surface area contributed by atoms with Crippen LogP contribution in [0.3, 0.4) is 0 Å². The molecular formula is C25H30N4O2. The van der Waals surface area contributed by atoms with Crippen LogP contribution in [0.25, 0.3) is 11.0 Å². The number of ether oxygens (including phenoxy) is 1. The maximum Gasteiger partial charge on any atom is 0.226 e. The van der Waals surface area contributed by atoms with Crippen molar-refractivity contribution in [2.45, 2.75) is 18.9 Å². The number of hydrogen-bond acceptors (Lipinski definition) is 4. The predicted molar refractivity (Wildman–Crippen MR) is 121 cm³/mol. The second-order valence-corrected chi connectivity index (χ2v) is 8.65. The van der Waals surface area contributed by atoms with Crippen LogP contribution in [-0.2, 0) is 23.1 Å². The minimum atomic E-state index is 0.0850. The lowest BCUT2D eigenvalue weighted by atomic mass is 10.1. The summed E-state index contributed by atoms with van der Waals surface area (Å²) in [5, 5.41) is 0. The standard InChI is InChI=1S/C25H30N4O2/c1-27-23-10-6-5-9-22(23)26-24(27)18-29(12-11-28-13-15-31-16-14-28)25(30)21-17-20(21)19-7-3-2-4-8-19/h2-10,20-21H,11-18H2,1H3/t20-,21-/m0/s1. The Morgan fingerprint density at radius 3 is 2.61 bits per heavy atom. The van der Waals surface area contributed by atoms with Gasteiger partial charge in [-0.1, -0.05) is 42.5 Å². The summed E-state index contributed by atoms with van der Waals surface area (Å²) in [6, 6.07) is 18.6. The molecule has 2 fully saturated rings. The lowest BCUT2D eigenvalue weighted by Crippen LogP contribution is -2.43. The number of morpholine rings is 1. The number of carbonyl (C=O) groups is 1. The molecule has 1 aliphatic heterocycles. The van der Waals surface area contributed by atoms with E-state index in [0.717, 1.165) is 62.7 Å². The highest BCUT2D eigenvalue weighted by molar-refractivity contribution is 5.83. The quantitative estimate of drug-likeness (QED) is 0.592. The van der Waals surface area contributed by atoms with Crippen molar-refractivity contribution >= 4 is 16.9 Å². The summed E-state index contributed by atoms with van der Waals surface area (Å²) in [4.78, 5) is 22.8. The highest BCUT2D eigenvalue weighted by Crippen LogP contribution is 2.48. The van der Waals surface area contributed by atoms with Gasteiger partial charge in [-0.2, -0.15) is 0 Å². The molecule has 2 heterocycles. The zero-order valence-electron chi connectivity index (χ0n) is 18.1. The Hall–Kier alpha value is -2.70. The smallest absolute Gasteiger partial charge is 0.226 e. The van der Waals surface area contributed by atoms with E-state index in [9.17, 15) is 4.79 Å². The third-order valence-electron chi connectivity index (χ3n) is 6.65. The maximum absolute atomic E-state index is 13.5. The van der Waals surface area contributed by atoms with E-state index in [1.807, 2.05) is 36.2 Å². The molecule has 162 valence electrons. The van der Waals surface area contributed by atoms with E-state index in [2.05, 4.69) is 39.8 Å². The molecule has 2 aromatic carbocycles. The second-order valence-electron chi connectivity index (χ2n) is 8.65. The van der Waals surface area contributed by atoms with Crippen LogP contribution < -0.4 is 0 Å². The lowest BCUT2D eigenvalue weighted by molar-refractivity contribution is -0.133. The van der Waals surface area contributed by atoms with Gasteiger partial charge in [0, 0.05) is 39.1 Å². The van der Waals surface area contributed by atoms with Crippen LogP contribution in [0.5, 0.6) is 0 Å². The van der Waals surface area contributed by atoms with Crippen molar-refractivity contribution in [3.63, 3.8) is 0 Å². The number of carbonyl (C=O) groups excluding carboxylic acids is 1. The minimum Gasteiger partial charge on any atom is -0.379 e. The maximum atomic E-state index is 13.5. The van der Waals surface area contributed by atoms with Gasteiger partial charge in [0.15, 0.2) is 0 Å². The third kappa shape index (κ3) is 4.36. The van der Waals surface area contributed by atoms with E-state index < -0.39 is 0 Å². The van der Waals surface area contributed by atoms with Crippen LogP contribution >= 0.6 is 0 Å². The average Bonchev–Trinajstić information content (AvgIpc) is 3.56. The fourth-order valence-corrected chi connectivity index (χ4v) is 4.63. The lowest BCUT2D eigenvalue weighted by Gasteiger charge is -2.30. The largest absolute Gasteiger partial charge is 0.379 e. The van der Waals surface area contributed by atoms with Gasteiger partial charge in [-0.3, -0.25) is 9.69 Å². The summed E-state index contributed by atoms with van der Waals surface area (Å²) in [5.41, 5.74) is 3.36. The Kier molecular flexibility index (Phi) is 5.74. The molecule has 1 saturated heterocycles. The highest BCUT2D eigenvalue weighted by Gasteiger charge is 2.45. The van der Waals surface area contributed by atoms with Crippen molar-refractivity contribution in [1.29, 1.82) is 0 Å². The first-order chi connectivity index (χ1) is 15.2. The number of aromatic nitrogens is 2. The van der Waals surface area contributed by atoms with Gasteiger partial charge < -0.3 is 14.2 Å². The summed E-state index contributed by atoms with van der Waals surface area (Å²) < 4.78 is 7.59. The average molecular weight is 419 g/mol. The van der Waals surface area contributed by atoms with Gasteiger partial charge in [-0.15, -0.1) is 0 Å². The van der Waals surface area contributed by atoms with Gasteiger partial charge in [0.2, 0.25) is 5.91 Å². The minimum absolute atomic E-state index is 0.0850. The van der Waals surface area contributed by atoms with Crippen molar-refractivity contribution in [3.8, 4) is 0 Å². The van der Waals surface area contributed by atoms with Crippen LogP contribution in [0.15, 0.2) is 54.6 Å². The zero-order chi connectivity index (χ0) is 21.2. The number of nitrogens with zero attached hydrogens (tertiary/aromatic N) is 4. The molecule has 0 bridgehead atoms. The van der Waals surface area contributed by atoms with Crippen molar-refractivity contribution < 1.29 is 9.53 Å². The highest BCUT2D eigenvalue weighted by atomic mass is 16.5. The Labute approximate surface area is 183 Å². The van der Waals surface area contributed by atoms with Gasteiger partial charge >= 0.3 is 0 Å². The van der Waals surface area contributed by atoms with Gasteiger partial charge in [-0.25, -0.2) is 4.98 Å². The molecule has 3 aromatic rings. The molecule has 6 nitrogen and oxygen atoms in total. The van der Waals surface area contributed by atoms with E-state index in [1.165, 1.54) is 5.56 Å². The topological polar surface area (TPSA) is 50.6 Å². The molecular weight excluding hydrogens is 388 g/mol. The number of para-hydroxylation sites is 2. The number of hydrogen-bond donors (Lipinski definition) is 0. The number of imidazole rings is 1. The fraction of sp³-hybridized carbons (Fsp3) is 0.440. The molecule has 31 heavy (non-hydrogen) atoms. The Morgan fingerprint density at radius 1 is 1.10 bits per heavy atom. The number of benzene rings is 2. The second kappa shape index (κ2) is 8.81. The van der Waals surface area contributed by atoms with Crippen LogP contribution in [0.4, 0.5) is 0 Å².